The molecule has 0 aliphatic rings. The molecule has 0 radical (unpaired) electrons. The number of allylic oxidation sites excluding steroid dienone is 3. The zero-order valence-electron chi connectivity index (χ0n) is 7.69. The van der Waals surface area contributed by atoms with Crippen LogP contribution < -0.4 is 0 Å². The van der Waals surface area contributed by atoms with E-state index >= 15 is 0 Å². The fraction of sp³-hybridized carbons (Fsp3) is 0.444. The minimum Gasteiger partial charge on any atom is -0.269 e. The largest absolute Gasteiger partial charge is 0.269 e. The number of nitrogens with zero attached hydrogens (tertiary/aromatic N) is 1. The molecule has 0 saturated carbocycles. The summed E-state index contributed by atoms with van der Waals surface area (Å²) < 4.78 is 12.5. The summed E-state index contributed by atoms with van der Waals surface area (Å²) in [5, 5.41) is 0. The van der Waals surface area contributed by atoms with E-state index < -0.39 is 0 Å². The minimum atomic E-state index is -0.326. The van der Waals surface area contributed by atoms with Gasteiger partial charge in [0.05, 0.1) is 6.20 Å². The second-order valence-electron chi connectivity index (χ2n) is 1.63. The molecule has 0 heterocycles. The van der Waals surface area contributed by atoms with Crippen LogP contribution in [0.2, 0.25) is 0 Å². The maximum Gasteiger partial charge on any atom is 0.143 e. The van der Waals surface area contributed by atoms with Crippen LogP contribution in [0.3, 0.4) is 0 Å². The van der Waals surface area contributed by atoms with Gasteiger partial charge >= 0.3 is 0 Å². The van der Waals surface area contributed by atoms with E-state index in [1.165, 1.54) is 0 Å². The van der Waals surface area contributed by atoms with Gasteiger partial charge in [0.25, 0.3) is 0 Å². The zero-order valence-corrected chi connectivity index (χ0v) is 7.69. The second-order valence-corrected chi connectivity index (χ2v) is 1.63. The third-order valence-corrected chi connectivity index (χ3v) is 1.01. The summed E-state index contributed by atoms with van der Waals surface area (Å²) >= 11 is 0. The third-order valence-electron chi connectivity index (χ3n) is 1.01. The van der Waals surface area contributed by atoms with E-state index in [1.54, 1.807) is 19.9 Å². The van der Waals surface area contributed by atoms with Gasteiger partial charge in [0.1, 0.15) is 5.83 Å². The summed E-state index contributed by atoms with van der Waals surface area (Å²) in [6, 6.07) is 0. The van der Waals surface area contributed by atoms with Crippen LogP contribution in [0.4, 0.5) is 4.39 Å². The highest BCUT2D eigenvalue weighted by atomic mass is 19.1. The molecule has 0 atom stereocenters. The Morgan fingerprint density at radius 3 is 2.18 bits per heavy atom. The normalized spacial score (nSPS) is 11.7. The summed E-state index contributed by atoms with van der Waals surface area (Å²) in [5.41, 5.74) is 0.586. The molecule has 0 aliphatic heterocycles. The average molecular weight is 157 g/mol. The lowest BCUT2D eigenvalue weighted by Gasteiger charge is -1.90. The van der Waals surface area contributed by atoms with Gasteiger partial charge in [-0.1, -0.05) is 19.9 Å². The second kappa shape index (κ2) is 9.08. The quantitative estimate of drug-likeness (QED) is 0.430. The van der Waals surface area contributed by atoms with Crippen molar-refractivity contribution in [3.63, 3.8) is 0 Å². The molecule has 0 bridgehead atoms. The van der Waals surface area contributed by atoms with Gasteiger partial charge in [0, 0.05) is 0 Å². The van der Waals surface area contributed by atoms with Crippen molar-refractivity contribution in [2.24, 2.45) is 4.99 Å². The Labute approximate surface area is 68.3 Å². The predicted molar refractivity (Wildman–Crippen MR) is 49.5 cm³/mol. The number of hydrogen-bond acceptors (Lipinski definition) is 1. The Kier molecular flexibility index (Phi) is 10.5. The van der Waals surface area contributed by atoms with Gasteiger partial charge in [-0.15, -0.1) is 0 Å². The molecule has 1 nitrogen and oxygen atoms in total. The van der Waals surface area contributed by atoms with Gasteiger partial charge in [-0.2, -0.15) is 0 Å². The lowest BCUT2D eigenvalue weighted by Crippen LogP contribution is -1.73. The fourth-order valence-electron chi connectivity index (χ4n) is 0.320. The third kappa shape index (κ3) is 6.97. The first-order valence-corrected chi connectivity index (χ1v) is 3.67. The van der Waals surface area contributed by atoms with E-state index in [2.05, 4.69) is 11.7 Å². The summed E-state index contributed by atoms with van der Waals surface area (Å²) in [6.45, 7) is 10.6. The van der Waals surface area contributed by atoms with Gasteiger partial charge in [0.2, 0.25) is 0 Å². The molecule has 0 aromatic carbocycles. The van der Waals surface area contributed by atoms with Crippen LogP contribution in [0, 0.1) is 0 Å². The van der Waals surface area contributed by atoms with Crippen molar-refractivity contribution < 1.29 is 4.39 Å². The smallest absolute Gasteiger partial charge is 0.143 e. The van der Waals surface area contributed by atoms with E-state index in [1.807, 2.05) is 13.8 Å². The van der Waals surface area contributed by atoms with Crippen molar-refractivity contribution in [2.45, 2.75) is 27.7 Å². The maximum absolute atomic E-state index is 12.5. The number of aliphatic imine (C=N–C) groups is 1. The Hall–Kier alpha value is -0.920. The lowest BCUT2D eigenvalue weighted by atomic mass is 10.3. The van der Waals surface area contributed by atoms with E-state index in [-0.39, 0.29) is 5.83 Å². The topological polar surface area (TPSA) is 12.4 Å². The molecular formula is C9H16FN. The van der Waals surface area contributed by atoms with Crippen LogP contribution in [0.25, 0.3) is 0 Å². The molecule has 0 saturated heterocycles. The van der Waals surface area contributed by atoms with Gasteiger partial charge < -0.3 is 0 Å². The number of rotatable bonds is 2. The van der Waals surface area contributed by atoms with E-state index in [0.29, 0.717) is 5.57 Å². The number of hydrogen-bond donors (Lipinski definition) is 0. The maximum atomic E-state index is 12.5. The van der Waals surface area contributed by atoms with Crippen molar-refractivity contribution in [1.29, 1.82) is 0 Å². The molecule has 11 heavy (non-hydrogen) atoms. The van der Waals surface area contributed by atoms with E-state index in [9.17, 15) is 4.39 Å². The highest BCUT2D eigenvalue weighted by Gasteiger charge is 1.92. The molecule has 64 valence electrons. The van der Waals surface area contributed by atoms with Crippen LogP contribution in [-0.2, 0) is 0 Å². The molecule has 0 aliphatic carbocycles. The van der Waals surface area contributed by atoms with Crippen LogP contribution >= 0.6 is 0 Å². The standard InChI is InChI=1S/C7H10FN.C2H6/c1-4-6(2)7(8)5-9-3;1-2/h4-5H,3H2,1-2H3;1-2H3/b6-4-,7-5+;. The van der Waals surface area contributed by atoms with Crippen molar-refractivity contribution in [1.82, 2.24) is 0 Å². The van der Waals surface area contributed by atoms with Gasteiger partial charge in [-0.25, -0.2) is 4.39 Å². The summed E-state index contributed by atoms with van der Waals surface area (Å²) in [6.07, 6.45) is 2.77. The molecule has 0 aromatic rings. The Bertz CT molecular complexity index is 157. The molecule has 0 spiro atoms. The highest BCUT2D eigenvalue weighted by Crippen LogP contribution is 2.08. The average Bonchev–Trinajstić information content (AvgIpc) is 2.07. The Balaban J connectivity index is 0. The zero-order chi connectivity index (χ0) is 9.28. The van der Waals surface area contributed by atoms with Crippen molar-refractivity contribution in [3.8, 4) is 0 Å². The Morgan fingerprint density at radius 2 is 1.91 bits per heavy atom. The van der Waals surface area contributed by atoms with E-state index in [4.69, 9.17) is 0 Å². The van der Waals surface area contributed by atoms with Gasteiger partial charge in [-0.05, 0) is 26.1 Å². The number of halogens is 1. The molecule has 0 N–H and O–H groups in total. The first kappa shape index (κ1) is 12.7. The minimum absolute atomic E-state index is 0.326. The Morgan fingerprint density at radius 1 is 1.45 bits per heavy atom. The predicted octanol–water partition coefficient (Wildman–Crippen LogP) is 3.49. The summed E-state index contributed by atoms with van der Waals surface area (Å²) in [7, 11) is 0. The molecule has 0 rings (SSSR count). The molecule has 0 unspecified atom stereocenters. The molecule has 0 fully saturated rings. The SMILES string of the molecule is C=N/C=C(F)\C(C)=C/C.CC. The van der Waals surface area contributed by atoms with E-state index in [0.717, 1.165) is 6.20 Å². The summed E-state index contributed by atoms with van der Waals surface area (Å²) in [5.74, 6) is -0.326. The van der Waals surface area contributed by atoms with Gasteiger partial charge in [-0.3, -0.25) is 4.99 Å². The van der Waals surface area contributed by atoms with Crippen molar-refractivity contribution in [2.75, 3.05) is 0 Å². The fourth-order valence-corrected chi connectivity index (χ4v) is 0.320. The van der Waals surface area contributed by atoms with Gasteiger partial charge in [0.15, 0.2) is 0 Å². The van der Waals surface area contributed by atoms with Crippen molar-refractivity contribution >= 4 is 6.72 Å². The van der Waals surface area contributed by atoms with Crippen LogP contribution in [0.15, 0.2) is 28.7 Å². The monoisotopic (exact) mass is 157 g/mol. The van der Waals surface area contributed by atoms with Crippen molar-refractivity contribution in [3.05, 3.63) is 23.7 Å². The first-order chi connectivity index (χ1) is 5.22. The molecular weight excluding hydrogens is 141 g/mol. The highest BCUT2D eigenvalue weighted by molar-refractivity contribution is 5.29. The van der Waals surface area contributed by atoms with Crippen LogP contribution in [-0.4, -0.2) is 6.72 Å². The summed E-state index contributed by atoms with van der Waals surface area (Å²) in [4.78, 5) is 3.28. The van der Waals surface area contributed by atoms with Crippen LogP contribution in [0.1, 0.15) is 27.7 Å². The molecule has 0 aromatic heterocycles. The molecule has 0 amide bonds. The molecule has 2 heteroatoms. The lowest BCUT2D eigenvalue weighted by molar-refractivity contribution is 0.648. The van der Waals surface area contributed by atoms with Crippen LogP contribution in [0.5, 0.6) is 0 Å². The first-order valence-electron chi connectivity index (χ1n) is 3.67.